The third-order valence-corrected chi connectivity index (χ3v) is 3.42. The molecule has 0 saturated carbocycles. The van der Waals surface area contributed by atoms with Gasteiger partial charge < -0.3 is 15.5 Å². The molecular formula is C13H21NO2S. The number of aromatic hydroxyl groups is 1. The SMILES string of the molecule is CSCCC(CO)NC(C)c1ccccc1O. The van der Waals surface area contributed by atoms with E-state index in [2.05, 4.69) is 11.6 Å². The summed E-state index contributed by atoms with van der Waals surface area (Å²) in [6, 6.07) is 7.41. The van der Waals surface area contributed by atoms with E-state index in [1.165, 1.54) is 0 Å². The van der Waals surface area contributed by atoms with E-state index in [-0.39, 0.29) is 18.7 Å². The van der Waals surface area contributed by atoms with Crippen molar-refractivity contribution in [3.8, 4) is 5.75 Å². The molecule has 17 heavy (non-hydrogen) atoms. The molecule has 0 aromatic heterocycles. The maximum Gasteiger partial charge on any atom is 0.120 e. The summed E-state index contributed by atoms with van der Waals surface area (Å²) < 4.78 is 0. The van der Waals surface area contributed by atoms with Gasteiger partial charge in [0, 0.05) is 17.6 Å². The van der Waals surface area contributed by atoms with Crippen molar-refractivity contribution in [1.29, 1.82) is 0 Å². The number of thioether (sulfide) groups is 1. The van der Waals surface area contributed by atoms with E-state index in [1.807, 2.05) is 25.1 Å². The van der Waals surface area contributed by atoms with Gasteiger partial charge in [0.05, 0.1) is 6.61 Å². The molecule has 0 aliphatic carbocycles. The molecule has 4 heteroatoms. The quantitative estimate of drug-likeness (QED) is 0.699. The molecule has 1 rings (SSSR count). The van der Waals surface area contributed by atoms with Gasteiger partial charge >= 0.3 is 0 Å². The van der Waals surface area contributed by atoms with E-state index in [9.17, 15) is 10.2 Å². The number of benzene rings is 1. The Morgan fingerprint density at radius 1 is 1.35 bits per heavy atom. The first-order valence-corrected chi connectivity index (χ1v) is 7.22. The van der Waals surface area contributed by atoms with Gasteiger partial charge in [0.15, 0.2) is 0 Å². The van der Waals surface area contributed by atoms with Crippen molar-refractivity contribution in [3.05, 3.63) is 29.8 Å². The van der Waals surface area contributed by atoms with Crippen LogP contribution in [0, 0.1) is 0 Å². The number of hydrogen-bond donors (Lipinski definition) is 3. The lowest BCUT2D eigenvalue weighted by molar-refractivity contribution is 0.230. The standard InChI is InChI=1S/C13H21NO2S/c1-10(12-5-3-4-6-13(12)16)14-11(9-15)7-8-17-2/h3-6,10-11,14-16H,7-9H2,1-2H3. The molecule has 0 aliphatic heterocycles. The minimum atomic E-state index is 0.0372. The summed E-state index contributed by atoms with van der Waals surface area (Å²) in [7, 11) is 0. The molecule has 2 unspecified atom stereocenters. The van der Waals surface area contributed by atoms with Crippen molar-refractivity contribution < 1.29 is 10.2 Å². The Labute approximate surface area is 107 Å². The Hall–Kier alpha value is -0.710. The highest BCUT2D eigenvalue weighted by Crippen LogP contribution is 2.23. The molecule has 96 valence electrons. The largest absolute Gasteiger partial charge is 0.508 e. The molecule has 0 fully saturated rings. The number of phenols is 1. The van der Waals surface area contributed by atoms with Crippen LogP contribution in [0.5, 0.6) is 5.75 Å². The predicted octanol–water partition coefficient (Wildman–Crippen LogP) is 2.16. The van der Waals surface area contributed by atoms with Gasteiger partial charge in [-0.2, -0.15) is 11.8 Å². The van der Waals surface area contributed by atoms with Crippen LogP contribution in [0.15, 0.2) is 24.3 Å². The van der Waals surface area contributed by atoms with E-state index in [4.69, 9.17) is 0 Å². The lowest BCUT2D eigenvalue weighted by Crippen LogP contribution is -2.35. The highest BCUT2D eigenvalue weighted by Gasteiger charge is 2.14. The average Bonchev–Trinajstić information content (AvgIpc) is 2.34. The van der Waals surface area contributed by atoms with Crippen LogP contribution in [0.1, 0.15) is 24.9 Å². The van der Waals surface area contributed by atoms with Crippen molar-refractivity contribution in [2.75, 3.05) is 18.6 Å². The molecule has 0 spiro atoms. The predicted molar refractivity (Wildman–Crippen MR) is 73.5 cm³/mol. The normalized spacial score (nSPS) is 14.5. The number of aliphatic hydroxyl groups excluding tert-OH is 1. The van der Waals surface area contributed by atoms with Gasteiger partial charge in [0.2, 0.25) is 0 Å². The number of para-hydroxylation sites is 1. The lowest BCUT2D eigenvalue weighted by Gasteiger charge is -2.22. The fraction of sp³-hybridized carbons (Fsp3) is 0.538. The smallest absolute Gasteiger partial charge is 0.120 e. The Balaban J connectivity index is 2.58. The lowest BCUT2D eigenvalue weighted by atomic mass is 10.1. The van der Waals surface area contributed by atoms with Crippen LogP contribution in [0.25, 0.3) is 0 Å². The minimum absolute atomic E-state index is 0.0372. The van der Waals surface area contributed by atoms with Gasteiger partial charge in [-0.15, -0.1) is 0 Å². The van der Waals surface area contributed by atoms with Gasteiger partial charge in [0.1, 0.15) is 5.75 Å². The van der Waals surface area contributed by atoms with Crippen molar-refractivity contribution >= 4 is 11.8 Å². The molecule has 0 heterocycles. The summed E-state index contributed by atoms with van der Waals surface area (Å²) in [5.41, 5.74) is 0.870. The van der Waals surface area contributed by atoms with Gasteiger partial charge in [-0.25, -0.2) is 0 Å². The van der Waals surface area contributed by atoms with E-state index in [0.717, 1.165) is 17.7 Å². The Bertz CT molecular complexity index is 333. The Morgan fingerprint density at radius 3 is 2.65 bits per heavy atom. The zero-order chi connectivity index (χ0) is 12.7. The molecule has 0 radical (unpaired) electrons. The fourth-order valence-corrected chi connectivity index (χ4v) is 2.30. The third kappa shape index (κ3) is 4.58. The highest BCUT2D eigenvalue weighted by molar-refractivity contribution is 7.98. The van der Waals surface area contributed by atoms with Crippen LogP contribution in [-0.4, -0.2) is 34.9 Å². The first kappa shape index (κ1) is 14.4. The monoisotopic (exact) mass is 255 g/mol. The highest BCUT2D eigenvalue weighted by atomic mass is 32.2. The van der Waals surface area contributed by atoms with Crippen molar-refractivity contribution in [3.63, 3.8) is 0 Å². The van der Waals surface area contributed by atoms with E-state index < -0.39 is 0 Å². The van der Waals surface area contributed by atoms with Crippen LogP contribution in [-0.2, 0) is 0 Å². The number of nitrogens with one attached hydrogen (secondary N) is 1. The summed E-state index contributed by atoms with van der Waals surface area (Å²) in [4.78, 5) is 0. The summed E-state index contributed by atoms with van der Waals surface area (Å²) >= 11 is 1.77. The molecule has 0 aliphatic rings. The first-order valence-electron chi connectivity index (χ1n) is 5.82. The van der Waals surface area contributed by atoms with Gasteiger partial charge in [-0.05, 0) is 31.4 Å². The van der Waals surface area contributed by atoms with Crippen LogP contribution in [0.4, 0.5) is 0 Å². The first-order chi connectivity index (χ1) is 8.19. The number of phenolic OH excluding ortho intramolecular Hbond substituents is 1. The van der Waals surface area contributed by atoms with Gasteiger partial charge in [-0.1, -0.05) is 18.2 Å². The molecule has 1 aromatic rings. The van der Waals surface area contributed by atoms with Crippen LogP contribution >= 0.6 is 11.8 Å². The van der Waals surface area contributed by atoms with Crippen molar-refractivity contribution in [2.45, 2.75) is 25.4 Å². The zero-order valence-electron chi connectivity index (χ0n) is 10.4. The van der Waals surface area contributed by atoms with Crippen molar-refractivity contribution in [1.82, 2.24) is 5.32 Å². The summed E-state index contributed by atoms with van der Waals surface area (Å²) in [5.74, 6) is 1.32. The zero-order valence-corrected chi connectivity index (χ0v) is 11.2. The van der Waals surface area contributed by atoms with Crippen LogP contribution in [0.3, 0.4) is 0 Å². The summed E-state index contributed by atoms with van der Waals surface area (Å²) in [5, 5.41) is 22.4. The molecular weight excluding hydrogens is 234 g/mol. The molecule has 0 bridgehead atoms. The molecule has 3 nitrogen and oxygen atoms in total. The second-order valence-corrected chi connectivity index (χ2v) is 5.09. The summed E-state index contributed by atoms with van der Waals surface area (Å²) in [6.45, 7) is 2.12. The number of hydrogen-bond acceptors (Lipinski definition) is 4. The summed E-state index contributed by atoms with van der Waals surface area (Å²) in [6.07, 6.45) is 2.98. The van der Waals surface area contributed by atoms with E-state index in [1.54, 1.807) is 17.8 Å². The number of rotatable bonds is 7. The maximum absolute atomic E-state index is 9.74. The molecule has 2 atom stereocenters. The molecule has 0 amide bonds. The van der Waals surface area contributed by atoms with Crippen LogP contribution in [0.2, 0.25) is 0 Å². The van der Waals surface area contributed by atoms with Gasteiger partial charge in [0.25, 0.3) is 0 Å². The molecule has 1 aromatic carbocycles. The van der Waals surface area contributed by atoms with Crippen LogP contribution < -0.4 is 5.32 Å². The van der Waals surface area contributed by atoms with Gasteiger partial charge in [-0.3, -0.25) is 0 Å². The Kier molecular flexibility index (Phi) is 6.40. The average molecular weight is 255 g/mol. The Morgan fingerprint density at radius 2 is 2.06 bits per heavy atom. The van der Waals surface area contributed by atoms with E-state index in [0.29, 0.717) is 5.75 Å². The second kappa shape index (κ2) is 7.58. The van der Waals surface area contributed by atoms with E-state index >= 15 is 0 Å². The topological polar surface area (TPSA) is 52.5 Å². The van der Waals surface area contributed by atoms with Crippen molar-refractivity contribution in [2.24, 2.45) is 0 Å². The maximum atomic E-state index is 9.74. The molecule has 0 saturated heterocycles. The fourth-order valence-electron chi connectivity index (χ4n) is 1.78. The third-order valence-electron chi connectivity index (χ3n) is 2.78. The second-order valence-electron chi connectivity index (χ2n) is 4.11. The number of aliphatic hydroxyl groups is 1. The minimum Gasteiger partial charge on any atom is -0.508 e. The molecule has 3 N–H and O–H groups in total.